The van der Waals surface area contributed by atoms with Gasteiger partial charge in [-0.2, -0.15) is 0 Å². The molecule has 0 unspecified atom stereocenters. The van der Waals surface area contributed by atoms with Crippen molar-refractivity contribution in [3.8, 4) is 22.3 Å². The van der Waals surface area contributed by atoms with E-state index in [2.05, 4.69) is 77.7 Å². The van der Waals surface area contributed by atoms with E-state index in [1.54, 1.807) is 6.07 Å². The normalized spacial score (nSPS) is 10.9. The zero-order valence-corrected chi connectivity index (χ0v) is 20.8. The average molecular weight is 491 g/mol. The van der Waals surface area contributed by atoms with Crippen molar-refractivity contribution in [3.63, 3.8) is 0 Å². The molecule has 3 nitrogen and oxygen atoms in total. The number of fused-ring (bicyclic) bond motifs is 1. The molecule has 6 aromatic carbocycles. The van der Waals surface area contributed by atoms with Crippen molar-refractivity contribution in [2.75, 3.05) is 4.90 Å². The van der Waals surface area contributed by atoms with Crippen LogP contribution in [-0.4, -0.2) is 17.2 Å². The van der Waals surface area contributed by atoms with Gasteiger partial charge in [0.05, 0.1) is 0 Å². The molecule has 6 rings (SSSR count). The standard InChI is InChI=1S/C34H26BNO2/c37-35(38)34-22-21-32(24-33(34)28-12-5-2-6-13-28)36(31-20-17-26-11-7-8-14-29(26)23-31)30-18-15-27(16-19-30)25-9-3-1-4-10-25/h1-24,37-38H. The lowest BCUT2D eigenvalue weighted by Crippen LogP contribution is -2.31. The fraction of sp³-hybridized carbons (Fsp3) is 0. The van der Waals surface area contributed by atoms with Gasteiger partial charge >= 0.3 is 7.12 Å². The third-order valence-electron chi connectivity index (χ3n) is 6.88. The van der Waals surface area contributed by atoms with Crippen molar-refractivity contribution >= 4 is 40.4 Å². The van der Waals surface area contributed by atoms with Gasteiger partial charge in [0, 0.05) is 17.1 Å². The monoisotopic (exact) mass is 491 g/mol. The highest BCUT2D eigenvalue weighted by atomic mass is 16.4. The van der Waals surface area contributed by atoms with E-state index in [1.165, 1.54) is 10.9 Å². The molecule has 6 aromatic rings. The fourth-order valence-electron chi connectivity index (χ4n) is 4.97. The summed E-state index contributed by atoms with van der Waals surface area (Å²) < 4.78 is 0. The van der Waals surface area contributed by atoms with Gasteiger partial charge in [0.15, 0.2) is 0 Å². The summed E-state index contributed by atoms with van der Waals surface area (Å²) in [4.78, 5) is 2.21. The van der Waals surface area contributed by atoms with Gasteiger partial charge in [-0.15, -0.1) is 0 Å². The number of hydrogen-bond donors (Lipinski definition) is 2. The van der Waals surface area contributed by atoms with E-state index in [1.807, 2.05) is 66.7 Å². The molecule has 0 aliphatic carbocycles. The third-order valence-corrected chi connectivity index (χ3v) is 6.88. The van der Waals surface area contributed by atoms with Crippen molar-refractivity contribution in [2.45, 2.75) is 0 Å². The zero-order valence-electron chi connectivity index (χ0n) is 20.8. The molecule has 0 heterocycles. The Morgan fingerprint density at radius 3 is 1.63 bits per heavy atom. The van der Waals surface area contributed by atoms with Crippen LogP contribution < -0.4 is 10.4 Å². The largest absolute Gasteiger partial charge is 0.489 e. The molecule has 0 aliphatic rings. The van der Waals surface area contributed by atoms with Crippen LogP contribution in [0.4, 0.5) is 17.1 Å². The molecule has 0 bridgehead atoms. The highest BCUT2D eigenvalue weighted by Gasteiger charge is 2.20. The minimum atomic E-state index is -1.57. The van der Waals surface area contributed by atoms with Gasteiger partial charge in [0.1, 0.15) is 0 Å². The Kier molecular flexibility index (Phi) is 6.49. The van der Waals surface area contributed by atoms with Crippen molar-refractivity contribution in [2.24, 2.45) is 0 Å². The van der Waals surface area contributed by atoms with E-state index < -0.39 is 7.12 Å². The van der Waals surface area contributed by atoms with E-state index in [0.29, 0.717) is 5.46 Å². The number of benzene rings is 6. The van der Waals surface area contributed by atoms with Crippen molar-refractivity contribution < 1.29 is 10.0 Å². The van der Waals surface area contributed by atoms with Crippen LogP contribution in [0.5, 0.6) is 0 Å². The van der Waals surface area contributed by atoms with Crippen LogP contribution in [0, 0.1) is 0 Å². The van der Waals surface area contributed by atoms with Crippen molar-refractivity contribution in [1.82, 2.24) is 0 Å². The van der Waals surface area contributed by atoms with Crippen molar-refractivity contribution in [3.05, 3.63) is 146 Å². The van der Waals surface area contributed by atoms with Crippen LogP contribution in [0.2, 0.25) is 0 Å². The van der Waals surface area contributed by atoms with E-state index in [9.17, 15) is 10.0 Å². The molecule has 0 spiro atoms. The molecule has 0 aliphatic heterocycles. The van der Waals surface area contributed by atoms with Gasteiger partial charge in [0.2, 0.25) is 0 Å². The Morgan fingerprint density at radius 2 is 0.947 bits per heavy atom. The molecule has 0 fully saturated rings. The van der Waals surface area contributed by atoms with E-state index in [-0.39, 0.29) is 0 Å². The molecule has 0 saturated heterocycles. The lowest BCUT2D eigenvalue weighted by atomic mass is 9.75. The summed E-state index contributed by atoms with van der Waals surface area (Å²) in [6.07, 6.45) is 0. The summed E-state index contributed by atoms with van der Waals surface area (Å²) in [5, 5.41) is 22.6. The van der Waals surface area contributed by atoms with Gasteiger partial charge in [-0.3, -0.25) is 0 Å². The zero-order chi connectivity index (χ0) is 25.9. The van der Waals surface area contributed by atoms with Crippen LogP contribution in [0.3, 0.4) is 0 Å². The van der Waals surface area contributed by atoms with Crippen LogP contribution in [0.15, 0.2) is 146 Å². The summed E-state index contributed by atoms with van der Waals surface area (Å²) in [6, 6.07) is 49.3. The quantitative estimate of drug-likeness (QED) is 0.240. The topological polar surface area (TPSA) is 43.7 Å². The molecule has 4 heteroatoms. The van der Waals surface area contributed by atoms with Gasteiger partial charge in [-0.1, -0.05) is 109 Å². The van der Waals surface area contributed by atoms with Crippen LogP contribution in [-0.2, 0) is 0 Å². The van der Waals surface area contributed by atoms with Crippen LogP contribution >= 0.6 is 0 Å². The number of hydrogen-bond acceptors (Lipinski definition) is 3. The average Bonchev–Trinajstić information content (AvgIpc) is 2.98. The maximum atomic E-state index is 10.1. The van der Waals surface area contributed by atoms with E-state index in [4.69, 9.17) is 0 Å². The molecule has 0 radical (unpaired) electrons. The van der Waals surface area contributed by atoms with E-state index >= 15 is 0 Å². The molecule has 0 amide bonds. The molecule has 182 valence electrons. The first-order valence-corrected chi connectivity index (χ1v) is 12.7. The number of anilines is 3. The molecular weight excluding hydrogens is 465 g/mol. The summed E-state index contributed by atoms with van der Waals surface area (Å²) in [6.45, 7) is 0. The number of nitrogens with zero attached hydrogens (tertiary/aromatic N) is 1. The highest BCUT2D eigenvalue weighted by Crippen LogP contribution is 2.38. The first kappa shape index (κ1) is 23.7. The van der Waals surface area contributed by atoms with E-state index in [0.717, 1.165) is 39.1 Å². The predicted octanol–water partition coefficient (Wildman–Crippen LogP) is 7.32. The number of rotatable bonds is 6. The second-order valence-corrected chi connectivity index (χ2v) is 9.29. The third kappa shape index (κ3) is 4.71. The maximum Gasteiger partial charge on any atom is 0.489 e. The molecule has 0 saturated carbocycles. The fourth-order valence-corrected chi connectivity index (χ4v) is 4.97. The lowest BCUT2D eigenvalue weighted by molar-refractivity contribution is 0.426. The summed E-state index contributed by atoms with van der Waals surface area (Å²) in [5.41, 5.74) is 7.46. The minimum Gasteiger partial charge on any atom is -0.423 e. The Morgan fingerprint density at radius 1 is 0.421 bits per heavy atom. The lowest BCUT2D eigenvalue weighted by Gasteiger charge is -2.27. The second-order valence-electron chi connectivity index (χ2n) is 9.29. The van der Waals surface area contributed by atoms with Gasteiger partial charge in [0.25, 0.3) is 0 Å². The molecule has 2 N–H and O–H groups in total. The maximum absolute atomic E-state index is 10.1. The Balaban J connectivity index is 1.52. The minimum absolute atomic E-state index is 0.470. The summed E-state index contributed by atoms with van der Waals surface area (Å²) in [5.74, 6) is 0. The molecule has 0 atom stereocenters. The smallest absolute Gasteiger partial charge is 0.423 e. The Bertz CT molecular complexity index is 1680. The summed E-state index contributed by atoms with van der Waals surface area (Å²) in [7, 11) is -1.57. The summed E-state index contributed by atoms with van der Waals surface area (Å²) >= 11 is 0. The Hall–Kier alpha value is -4.64. The molecule has 38 heavy (non-hydrogen) atoms. The predicted molar refractivity (Wildman–Crippen MR) is 159 cm³/mol. The molecule has 0 aromatic heterocycles. The first-order valence-electron chi connectivity index (χ1n) is 12.7. The Labute approximate surface area is 223 Å². The van der Waals surface area contributed by atoms with Gasteiger partial charge < -0.3 is 14.9 Å². The van der Waals surface area contributed by atoms with Crippen molar-refractivity contribution in [1.29, 1.82) is 0 Å². The highest BCUT2D eigenvalue weighted by molar-refractivity contribution is 6.60. The van der Waals surface area contributed by atoms with Gasteiger partial charge in [-0.05, 0) is 74.9 Å². The molecular formula is C34H26BNO2. The van der Waals surface area contributed by atoms with Crippen LogP contribution in [0.25, 0.3) is 33.0 Å². The first-order chi connectivity index (χ1) is 18.7. The SMILES string of the molecule is OB(O)c1ccc(N(c2ccc(-c3ccccc3)cc2)c2ccc3ccccc3c2)cc1-c1ccccc1. The van der Waals surface area contributed by atoms with Gasteiger partial charge in [-0.25, -0.2) is 0 Å². The van der Waals surface area contributed by atoms with Crippen LogP contribution in [0.1, 0.15) is 0 Å². The second kappa shape index (κ2) is 10.4.